The normalized spacial score (nSPS) is 11.1. The summed E-state index contributed by atoms with van der Waals surface area (Å²) in [7, 11) is 0. The van der Waals surface area contributed by atoms with Crippen molar-refractivity contribution in [2.45, 2.75) is 6.42 Å². The zero-order valence-corrected chi connectivity index (χ0v) is 10.4. The molecule has 2 heterocycles. The van der Waals surface area contributed by atoms with Gasteiger partial charge in [-0.05, 0) is 48.9 Å². The number of fused-ring (bicyclic) bond motifs is 1. The van der Waals surface area contributed by atoms with E-state index in [9.17, 15) is 4.39 Å². The molecule has 96 valence electrons. The molecule has 0 atom stereocenters. The molecular weight excluding hydrogens is 241 g/mol. The molecule has 0 aliphatic rings. The Morgan fingerprint density at radius 2 is 1.95 bits per heavy atom. The highest BCUT2D eigenvalue weighted by Crippen LogP contribution is 2.30. The van der Waals surface area contributed by atoms with Crippen molar-refractivity contribution in [1.82, 2.24) is 9.97 Å². The molecule has 0 aliphatic carbocycles. The van der Waals surface area contributed by atoms with E-state index in [4.69, 9.17) is 5.73 Å². The Morgan fingerprint density at radius 1 is 1.16 bits per heavy atom. The third kappa shape index (κ3) is 2.11. The first-order valence-electron chi connectivity index (χ1n) is 6.20. The molecule has 0 amide bonds. The summed E-state index contributed by atoms with van der Waals surface area (Å²) in [6, 6.07) is 8.64. The van der Waals surface area contributed by atoms with E-state index in [2.05, 4.69) is 9.97 Å². The van der Waals surface area contributed by atoms with E-state index in [1.807, 2.05) is 12.1 Å². The number of nitrogens with zero attached hydrogens (tertiary/aromatic N) is 1. The highest BCUT2D eigenvalue weighted by molar-refractivity contribution is 5.90. The zero-order chi connectivity index (χ0) is 13.2. The smallest absolute Gasteiger partial charge is 0.123 e. The Morgan fingerprint density at radius 3 is 2.68 bits per heavy atom. The van der Waals surface area contributed by atoms with Crippen molar-refractivity contribution in [2.24, 2.45) is 5.73 Å². The van der Waals surface area contributed by atoms with Crippen molar-refractivity contribution in [3.8, 4) is 11.3 Å². The molecule has 0 unspecified atom stereocenters. The first kappa shape index (κ1) is 11.9. The second-order valence-electron chi connectivity index (χ2n) is 4.44. The van der Waals surface area contributed by atoms with Gasteiger partial charge >= 0.3 is 0 Å². The summed E-state index contributed by atoms with van der Waals surface area (Å²) < 4.78 is 13.4. The average Bonchev–Trinajstić information content (AvgIpc) is 2.79. The van der Waals surface area contributed by atoms with E-state index < -0.39 is 0 Å². The zero-order valence-electron chi connectivity index (χ0n) is 10.4. The van der Waals surface area contributed by atoms with Gasteiger partial charge in [0.2, 0.25) is 0 Å². The maximum absolute atomic E-state index is 13.4. The molecule has 3 rings (SSSR count). The lowest BCUT2D eigenvalue weighted by Gasteiger charge is -2.03. The lowest BCUT2D eigenvalue weighted by molar-refractivity contribution is 0.629. The Kier molecular flexibility index (Phi) is 3.01. The standard InChI is InChI=1S/C15H14FN3/c16-11-1-2-14-13(9-11)12(3-6-17)15(19-14)10-4-7-18-8-5-10/h1-2,4-5,7-9,19H,3,6,17H2. The molecule has 0 aliphatic heterocycles. The minimum absolute atomic E-state index is 0.231. The van der Waals surface area contributed by atoms with Crippen LogP contribution in [-0.2, 0) is 6.42 Å². The van der Waals surface area contributed by atoms with E-state index in [0.717, 1.165) is 27.7 Å². The maximum Gasteiger partial charge on any atom is 0.123 e. The molecule has 0 radical (unpaired) electrons. The largest absolute Gasteiger partial charge is 0.354 e. The van der Waals surface area contributed by atoms with Gasteiger partial charge in [-0.3, -0.25) is 4.98 Å². The lowest BCUT2D eigenvalue weighted by atomic mass is 10.0. The maximum atomic E-state index is 13.4. The molecule has 4 heteroatoms. The molecule has 0 saturated carbocycles. The van der Waals surface area contributed by atoms with Gasteiger partial charge in [0.25, 0.3) is 0 Å². The monoisotopic (exact) mass is 255 g/mol. The van der Waals surface area contributed by atoms with Gasteiger partial charge in [0.05, 0.1) is 0 Å². The van der Waals surface area contributed by atoms with E-state index in [0.29, 0.717) is 13.0 Å². The van der Waals surface area contributed by atoms with Crippen LogP contribution in [0.3, 0.4) is 0 Å². The van der Waals surface area contributed by atoms with Crippen molar-refractivity contribution in [2.75, 3.05) is 6.54 Å². The van der Waals surface area contributed by atoms with Crippen LogP contribution in [0.5, 0.6) is 0 Å². The predicted molar refractivity (Wildman–Crippen MR) is 74.2 cm³/mol. The number of hydrogen-bond donors (Lipinski definition) is 2. The van der Waals surface area contributed by atoms with Crippen LogP contribution in [0.1, 0.15) is 5.56 Å². The summed E-state index contributed by atoms with van der Waals surface area (Å²) in [5.41, 5.74) is 9.69. The Bertz CT molecular complexity index is 704. The number of benzene rings is 1. The topological polar surface area (TPSA) is 54.7 Å². The second-order valence-corrected chi connectivity index (χ2v) is 4.44. The fraction of sp³-hybridized carbons (Fsp3) is 0.133. The van der Waals surface area contributed by atoms with Crippen LogP contribution in [0, 0.1) is 5.82 Å². The second kappa shape index (κ2) is 4.82. The van der Waals surface area contributed by atoms with Gasteiger partial charge in [-0.1, -0.05) is 0 Å². The average molecular weight is 255 g/mol. The molecule has 2 aromatic heterocycles. The van der Waals surface area contributed by atoms with Crippen LogP contribution < -0.4 is 5.73 Å². The SMILES string of the molecule is NCCc1c(-c2ccncc2)[nH]c2ccc(F)cc12. The number of H-pyrrole nitrogens is 1. The van der Waals surface area contributed by atoms with Crippen LogP contribution in [-0.4, -0.2) is 16.5 Å². The molecule has 0 bridgehead atoms. The molecule has 19 heavy (non-hydrogen) atoms. The van der Waals surface area contributed by atoms with Crippen molar-refractivity contribution in [3.63, 3.8) is 0 Å². The van der Waals surface area contributed by atoms with Crippen LogP contribution >= 0.6 is 0 Å². The molecular formula is C15H14FN3. The number of nitrogens with two attached hydrogens (primary N) is 1. The number of rotatable bonds is 3. The highest BCUT2D eigenvalue weighted by atomic mass is 19.1. The van der Waals surface area contributed by atoms with Gasteiger partial charge in [0.1, 0.15) is 5.82 Å². The number of aromatic amines is 1. The van der Waals surface area contributed by atoms with E-state index in [1.165, 1.54) is 6.07 Å². The quantitative estimate of drug-likeness (QED) is 0.756. The summed E-state index contributed by atoms with van der Waals surface area (Å²) in [5, 5.41) is 0.900. The minimum atomic E-state index is -0.231. The first-order valence-corrected chi connectivity index (χ1v) is 6.20. The van der Waals surface area contributed by atoms with Crippen LogP contribution in [0.15, 0.2) is 42.7 Å². The van der Waals surface area contributed by atoms with Crippen molar-refractivity contribution >= 4 is 10.9 Å². The third-order valence-electron chi connectivity index (χ3n) is 3.23. The number of hydrogen-bond acceptors (Lipinski definition) is 2. The number of halogens is 1. The Balaban J connectivity index is 2.26. The van der Waals surface area contributed by atoms with Gasteiger partial charge in [0, 0.05) is 34.6 Å². The van der Waals surface area contributed by atoms with Crippen LogP contribution in [0.25, 0.3) is 22.2 Å². The summed E-state index contributed by atoms with van der Waals surface area (Å²) in [6.07, 6.45) is 4.20. The number of pyridine rings is 1. The van der Waals surface area contributed by atoms with Gasteiger partial charge in [-0.2, -0.15) is 0 Å². The summed E-state index contributed by atoms with van der Waals surface area (Å²) in [4.78, 5) is 7.36. The van der Waals surface area contributed by atoms with E-state index in [1.54, 1.807) is 24.5 Å². The molecule has 0 saturated heterocycles. The predicted octanol–water partition coefficient (Wildman–Crippen LogP) is 2.87. The van der Waals surface area contributed by atoms with E-state index in [-0.39, 0.29) is 5.82 Å². The first-order chi connectivity index (χ1) is 9.29. The highest BCUT2D eigenvalue weighted by Gasteiger charge is 2.12. The fourth-order valence-corrected chi connectivity index (χ4v) is 2.39. The van der Waals surface area contributed by atoms with Crippen molar-refractivity contribution < 1.29 is 4.39 Å². The minimum Gasteiger partial charge on any atom is -0.354 e. The molecule has 3 aromatic rings. The van der Waals surface area contributed by atoms with Crippen LogP contribution in [0.2, 0.25) is 0 Å². The lowest BCUT2D eigenvalue weighted by Crippen LogP contribution is -2.03. The van der Waals surface area contributed by atoms with E-state index >= 15 is 0 Å². The summed E-state index contributed by atoms with van der Waals surface area (Å²) in [5.74, 6) is -0.231. The van der Waals surface area contributed by atoms with Gasteiger partial charge in [-0.15, -0.1) is 0 Å². The third-order valence-corrected chi connectivity index (χ3v) is 3.23. The molecule has 0 fully saturated rings. The molecule has 3 N–H and O–H groups in total. The molecule has 0 spiro atoms. The van der Waals surface area contributed by atoms with Crippen molar-refractivity contribution in [3.05, 3.63) is 54.1 Å². The van der Waals surface area contributed by atoms with Crippen molar-refractivity contribution in [1.29, 1.82) is 0 Å². The Hall–Kier alpha value is -2.20. The molecule has 3 nitrogen and oxygen atoms in total. The van der Waals surface area contributed by atoms with Gasteiger partial charge in [-0.25, -0.2) is 4.39 Å². The summed E-state index contributed by atoms with van der Waals surface area (Å²) in [6.45, 7) is 0.529. The van der Waals surface area contributed by atoms with Gasteiger partial charge in [0.15, 0.2) is 0 Å². The number of aromatic nitrogens is 2. The number of nitrogens with one attached hydrogen (secondary N) is 1. The summed E-state index contributed by atoms with van der Waals surface area (Å²) >= 11 is 0. The van der Waals surface area contributed by atoms with Crippen LogP contribution in [0.4, 0.5) is 4.39 Å². The Labute approximate surface area is 110 Å². The molecule has 1 aromatic carbocycles. The van der Waals surface area contributed by atoms with Gasteiger partial charge < -0.3 is 10.7 Å². The fourth-order valence-electron chi connectivity index (χ4n) is 2.39.